The molecular weight excluding hydrogens is 581 g/mol. The molecule has 1 atom stereocenters. The van der Waals surface area contributed by atoms with Crippen LogP contribution in [0.25, 0.3) is 11.4 Å². The first-order valence-electron chi connectivity index (χ1n) is 10.9. The van der Waals surface area contributed by atoms with Crippen molar-refractivity contribution in [2.45, 2.75) is 55.5 Å². The molecule has 182 valence electrons. The highest BCUT2D eigenvalue weighted by molar-refractivity contribution is 14.1. The van der Waals surface area contributed by atoms with Crippen molar-refractivity contribution in [1.82, 2.24) is 29.2 Å². The Hall–Kier alpha value is -1.36. The Morgan fingerprint density at radius 2 is 1.85 bits per heavy atom. The number of anilines is 1. The predicted molar refractivity (Wildman–Crippen MR) is 133 cm³/mol. The Labute approximate surface area is 208 Å². The van der Waals surface area contributed by atoms with Crippen LogP contribution in [0.15, 0.2) is 23.1 Å². The maximum absolute atomic E-state index is 12.5. The monoisotopic (exact) mass is 609 g/mol. The van der Waals surface area contributed by atoms with Crippen LogP contribution >= 0.6 is 22.9 Å². The molecule has 2 fully saturated rings. The van der Waals surface area contributed by atoms with Gasteiger partial charge in [-0.25, -0.2) is 21.6 Å². The van der Waals surface area contributed by atoms with E-state index in [9.17, 15) is 16.8 Å². The number of sulfonamides is 2. The smallest absolute Gasteiger partial charge is 0.240 e. The molecule has 1 N–H and O–H groups in total. The van der Waals surface area contributed by atoms with Gasteiger partial charge >= 0.3 is 0 Å². The van der Waals surface area contributed by atoms with E-state index in [0.29, 0.717) is 30.4 Å². The summed E-state index contributed by atoms with van der Waals surface area (Å²) in [5, 5.41) is 13.0. The first kappa shape index (κ1) is 24.8. The minimum Gasteiger partial charge on any atom is -0.311 e. The van der Waals surface area contributed by atoms with E-state index in [-0.39, 0.29) is 17.5 Å². The van der Waals surface area contributed by atoms with Gasteiger partial charge in [0.15, 0.2) is 0 Å². The third kappa shape index (κ3) is 5.33. The number of nitrogens with zero attached hydrogens (tertiary/aromatic N) is 6. The lowest BCUT2D eigenvalue weighted by molar-refractivity contribution is 0.397. The molecule has 1 aliphatic heterocycles. The molecule has 1 aromatic heterocycles. The minimum absolute atomic E-state index is 0.123. The van der Waals surface area contributed by atoms with Crippen LogP contribution in [0.3, 0.4) is 0 Å². The lowest BCUT2D eigenvalue weighted by Crippen LogP contribution is -2.29. The van der Waals surface area contributed by atoms with E-state index in [1.165, 1.54) is 41.7 Å². The molecule has 1 aliphatic carbocycles. The zero-order valence-electron chi connectivity index (χ0n) is 18.6. The molecule has 0 amide bonds. The topological polar surface area (TPSA) is 130 Å². The number of tetrazole rings is 1. The van der Waals surface area contributed by atoms with Crippen LogP contribution in [0.4, 0.5) is 5.69 Å². The summed E-state index contributed by atoms with van der Waals surface area (Å²) in [5.41, 5.74) is 1.41. The Kier molecular flexibility index (Phi) is 7.29. The van der Waals surface area contributed by atoms with E-state index in [2.05, 4.69) is 46.1 Å². The maximum atomic E-state index is 12.5. The summed E-state index contributed by atoms with van der Waals surface area (Å²) in [5.74, 6) is 0.313. The van der Waals surface area contributed by atoms with Gasteiger partial charge in [-0.1, -0.05) is 19.3 Å². The lowest BCUT2D eigenvalue weighted by Gasteiger charge is -2.32. The van der Waals surface area contributed by atoms with Crippen molar-refractivity contribution >= 4 is 48.6 Å². The maximum Gasteiger partial charge on any atom is 0.240 e. The highest BCUT2D eigenvalue weighted by Gasteiger charge is 2.32. The van der Waals surface area contributed by atoms with Gasteiger partial charge in [0, 0.05) is 24.7 Å². The van der Waals surface area contributed by atoms with Gasteiger partial charge in [-0.15, -0.1) is 10.2 Å². The summed E-state index contributed by atoms with van der Waals surface area (Å²) >= 11 is 2.29. The van der Waals surface area contributed by atoms with E-state index >= 15 is 0 Å². The molecular formula is C19H28IN7O4S2. The van der Waals surface area contributed by atoms with Crippen LogP contribution in [-0.2, 0) is 20.0 Å². The number of benzene rings is 1. The SMILES string of the molecule is CNS(=O)(=O)c1ccc(N(I)C2CCCCC2)c(-c2nnn(C3CCN(S(C)(=O)=O)C3)n2)c1. The van der Waals surface area contributed by atoms with Crippen LogP contribution < -0.4 is 7.84 Å². The Bertz CT molecular complexity index is 1210. The third-order valence-electron chi connectivity index (χ3n) is 6.26. The van der Waals surface area contributed by atoms with E-state index in [0.717, 1.165) is 18.5 Å². The molecule has 14 heteroatoms. The van der Waals surface area contributed by atoms with Crippen LogP contribution in [0.1, 0.15) is 44.6 Å². The highest BCUT2D eigenvalue weighted by atomic mass is 127. The second-order valence-electron chi connectivity index (χ2n) is 8.49. The van der Waals surface area contributed by atoms with Gasteiger partial charge in [-0.3, -0.25) is 0 Å². The summed E-state index contributed by atoms with van der Waals surface area (Å²) in [4.78, 5) is 1.57. The minimum atomic E-state index is -3.66. The molecule has 11 nitrogen and oxygen atoms in total. The summed E-state index contributed by atoms with van der Waals surface area (Å²) in [6.07, 6.45) is 7.48. The molecule has 1 aromatic carbocycles. The van der Waals surface area contributed by atoms with Crippen LogP contribution in [-0.4, -0.2) is 73.8 Å². The number of hydrogen-bond acceptors (Lipinski definition) is 8. The first-order valence-corrected chi connectivity index (χ1v) is 15.2. The molecule has 0 bridgehead atoms. The molecule has 1 saturated heterocycles. The van der Waals surface area contributed by atoms with Gasteiger partial charge in [-0.2, -0.15) is 9.10 Å². The van der Waals surface area contributed by atoms with Crippen LogP contribution in [0.5, 0.6) is 0 Å². The zero-order valence-corrected chi connectivity index (χ0v) is 22.3. The molecule has 0 radical (unpaired) electrons. The summed E-state index contributed by atoms with van der Waals surface area (Å²) in [6.45, 7) is 0.695. The van der Waals surface area contributed by atoms with Crippen molar-refractivity contribution in [2.75, 3.05) is 29.5 Å². The fraction of sp³-hybridized carbons (Fsp3) is 0.632. The Morgan fingerprint density at radius 1 is 1.12 bits per heavy atom. The molecule has 2 aliphatic rings. The number of nitrogens with one attached hydrogen (secondary N) is 1. The van der Waals surface area contributed by atoms with Crippen molar-refractivity contribution in [1.29, 1.82) is 0 Å². The zero-order chi connectivity index (χ0) is 23.8. The molecule has 1 saturated carbocycles. The van der Waals surface area contributed by atoms with Gasteiger partial charge in [0.2, 0.25) is 25.9 Å². The van der Waals surface area contributed by atoms with Gasteiger partial charge in [-0.05, 0) is 49.7 Å². The molecule has 4 rings (SSSR count). The van der Waals surface area contributed by atoms with Gasteiger partial charge in [0.05, 0.1) is 45.7 Å². The second-order valence-corrected chi connectivity index (χ2v) is 13.4. The first-order chi connectivity index (χ1) is 15.6. The molecule has 0 spiro atoms. The molecule has 2 heterocycles. The van der Waals surface area contributed by atoms with Crippen LogP contribution in [0, 0.1) is 0 Å². The average molecular weight is 610 g/mol. The van der Waals surface area contributed by atoms with Crippen molar-refractivity contribution in [3.63, 3.8) is 0 Å². The fourth-order valence-electron chi connectivity index (χ4n) is 4.36. The number of aromatic nitrogens is 4. The number of halogens is 1. The van der Waals surface area contributed by atoms with Crippen LogP contribution in [0.2, 0.25) is 0 Å². The molecule has 2 aromatic rings. The Morgan fingerprint density at radius 3 is 2.48 bits per heavy atom. The highest BCUT2D eigenvalue weighted by Crippen LogP contribution is 2.37. The predicted octanol–water partition coefficient (Wildman–Crippen LogP) is 1.94. The van der Waals surface area contributed by atoms with Gasteiger partial charge in [0.1, 0.15) is 0 Å². The summed E-state index contributed by atoms with van der Waals surface area (Å²) < 4.78 is 54.5. The Balaban J connectivity index is 1.70. The molecule has 33 heavy (non-hydrogen) atoms. The molecule has 1 unspecified atom stereocenters. The lowest BCUT2D eigenvalue weighted by atomic mass is 9.95. The summed E-state index contributed by atoms with van der Waals surface area (Å²) in [7, 11) is -5.56. The number of rotatable bonds is 7. The number of hydrogen-bond donors (Lipinski definition) is 1. The van der Waals surface area contributed by atoms with E-state index < -0.39 is 20.0 Å². The third-order valence-corrected chi connectivity index (χ3v) is 10.3. The van der Waals surface area contributed by atoms with Crippen molar-refractivity contribution in [2.24, 2.45) is 0 Å². The standard InChI is InChI=1S/C19H28IN7O4S2/c1-21-33(30,31)16-8-9-18(26(20)14-6-4-3-5-7-14)17(12-16)19-22-24-27(23-19)15-10-11-25(13-15)32(2,28)29/h8-9,12,14-15,21H,3-7,10-11,13H2,1-2H3. The van der Waals surface area contributed by atoms with Crippen molar-refractivity contribution < 1.29 is 16.8 Å². The van der Waals surface area contributed by atoms with E-state index in [4.69, 9.17) is 0 Å². The largest absolute Gasteiger partial charge is 0.311 e. The second kappa shape index (κ2) is 9.71. The van der Waals surface area contributed by atoms with Gasteiger partial charge in [0.25, 0.3) is 0 Å². The average Bonchev–Trinajstić information content (AvgIpc) is 3.48. The van der Waals surface area contributed by atoms with E-state index in [1.807, 2.05) is 0 Å². The van der Waals surface area contributed by atoms with Crippen molar-refractivity contribution in [3.8, 4) is 11.4 Å². The fourth-order valence-corrected chi connectivity index (χ4v) is 6.97. The van der Waals surface area contributed by atoms with Crippen molar-refractivity contribution in [3.05, 3.63) is 18.2 Å². The quantitative estimate of drug-likeness (QED) is 0.373. The normalized spacial score (nSPS) is 20.9. The van der Waals surface area contributed by atoms with E-state index in [1.54, 1.807) is 18.2 Å². The summed E-state index contributed by atoms with van der Waals surface area (Å²) in [6, 6.07) is 5.09. The van der Waals surface area contributed by atoms with Gasteiger partial charge < -0.3 is 3.11 Å².